The molecule has 2 nitrogen and oxygen atoms in total. The van der Waals surface area contributed by atoms with Crippen LogP contribution in [0.5, 0.6) is 0 Å². The second kappa shape index (κ2) is 7.06. The lowest BCUT2D eigenvalue weighted by Gasteiger charge is -2.27. The highest BCUT2D eigenvalue weighted by Gasteiger charge is 2.20. The smallest absolute Gasteiger partial charge is 0.0952 e. The van der Waals surface area contributed by atoms with Gasteiger partial charge >= 0.3 is 0 Å². The lowest BCUT2D eigenvalue weighted by Crippen LogP contribution is -2.33. The van der Waals surface area contributed by atoms with Gasteiger partial charge in [0.05, 0.1) is 12.7 Å². The molecule has 0 spiro atoms. The first-order valence-electron chi connectivity index (χ1n) is 7.59. The second-order valence-electron chi connectivity index (χ2n) is 6.09. The number of benzene rings is 1. The van der Waals surface area contributed by atoms with Crippen molar-refractivity contribution in [2.45, 2.75) is 52.2 Å². The van der Waals surface area contributed by atoms with Crippen molar-refractivity contribution >= 4 is 0 Å². The van der Waals surface area contributed by atoms with Crippen molar-refractivity contribution in [2.75, 3.05) is 13.2 Å². The van der Waals surface area contributed by atoms with Crippen molar-refractivity contribution in [3.05, 3.63) is 35.4 Å². The number of ether oxygens (including phenoxy) is 1. The summed E-state index contributed by atoms with van der Waals surface area (Å²) in [5, 5.41) is 3.62. The quantitative estimate of drug-likeness (QED) is 0.843. The minimum absolute atomic E-state index is 0.228. The molecule has 0 fully saturated rings. The van der Waals surface area contributed by atoms with Crippen LogP contribution >= 0.6 is 0 Å². The van der Waals surface area contributed by atoms with Crippen molar-refractivity contribution in [1.82, 2.24) is 5.32 Å². The summed E-state index contributed by atoms with van der Waals surface area (Å²) in [6.07, 6.45) is 3.81. The first-order valence-corrected chi connectivity index (χ1v) is 7.59. The number of hydrogen-bond acceptors (Lipinski definition) is 2. The van der Waals surface area contributed by atoms with Crippen molar-refractivity contribution in [3.8, 4) is 0 Å². The maximum atomic E-state index is 5.92. The molecule has 1 aromatic rings. The molecule has 1 aliphatic heterocycles. The standard InChI is InChI=1S/C17H27NO/c1-13(2)8-9-14(3)18-12-17-16-7-5-4-6-15(16)10-11-19-17/h4-7,13-14,17-18H,8-12H2,1-3H3. The summed E-state index contributed by atoms with van der Waals surface area (Å²) in [4.78, 5) is 0. The molecule has 106 valence electrons. The van der Waals surface area contributed by atoms with E-state index in [1.54, 1.807) is 0 Å². The van der Waals surface area contributed by atoms with Gasteiger partial charge in [-0.25, -0.2) is 0 Å². The van der Waals surface area contributed by atoms with E-state index in [-0.39, 0.29) is 6.10 Å². The SMILES string of the molecule is CC(C)CCC(C)NCC1OCCc2ccccc21. The maximum absolute atomic E-state index is 5.92. The number of fused-ring (bicyclic) bond motifs is 1. The van der Waals surface area contributed by atoms with E-state index >= 15 is 0 Å². The summed E-state index contributed by atoms with van der Waals surface area (Å²) in [6.45, 7) is 8.62. The molecule has 1 heterocycles. The zero-order chi connectivity index (χ0) is 13.7. The van der Waals surface area contributed by atoms with Crippen molar-refractivity contribution in [2.24, 2.45) is 5.92 Å². The Balaban J connectivity index is 1.84. The topological polar surface area (TPSA) is 21.3 Å². The summed E-state index contributed by atoms with van der Waals surface area (Å²) < 4.78 is 5.92. The Labute approximate surface area is 117 Å². The van der Waals surface area contributed by atoms with E-state index < -0.39 is 0 Å². The summed E-state index contributed by atoms with van der Waals surface area (Å²) >= 11 is 0. The Bertz CT molecular complexity index is 389. The van der Waals surface area contributed by atoms with Crippen LogP contribution in [-0.4, -0.2) is 19.2 Å². The van der Waals surface area contributed by atoms with Gasteiger partial charge in [0.2, 0.25) is 0 Å². The first kappa shape index (κ1) is 14.5. The fraction of sp³-hybridized carbons (Fsp3) is 0.647. The predicted octanol–water partition coefficient (Wildman–Crippen LogP) is 3.71. The summed E-state index contributed by atoms with van der Waals surface area (Å²) in [5.74, 6) is 0.788. The third-order valence-corrected chi connectivity index (χ3v) is 3.92. The van der Waals surface area contributed by atoms with E-state index in [0.717, 1.165) is 25.5 Å². The molecule has 2 unspecified atom stereocenters. The number of hydrogen-bond donors (Lipinski definition) is 1. The van der Waals surface area contributed by atoms with Crippen molar-refractivity contribution in [1.29, 1.82) is 0 Å². The molecule has 0 aliphatic carbocycles. The van der Waals surface area contributed by atoms with Crippen LogP contribution in [-0.2, 0) is 11.2 Å². The average Bonchev–Trinajstić information content (AvgIpc) is 2.42. The van der Waals surface area contributed by atoms with Gasteiger partial charge in [0.15, 0.2) is 0 Å². The van der Waals surface area contributed by atoms with E-state index in [9.17, 15) is 0 Å². The van der Waals surface area contributed by atoms with Crippen LogP contribution in [0.15, 0.2) is 24.3 Å². The van der Waals surface area contributed by atoms with E-state index in [0.29, 0.717) is 6.04 Å². The van der Waals surface area contributed by atoms with Gasteiger partial charge in [-0.2, -0.15) is 0 Å². The molecule has 2 heteroatoms. The monoisotopic (exact) mass is 261 g/mol. The third-order valence-electron chi connectivity index (χ3n) is 3.92. The first-order chi connectivity index (χ1) is 9.16. The third kappa shape index (κ3) is 4.32. The number of rotatable bonds is 6. The minimum Gasteiger partial charge on any atom is -0.372 e. The molecule has 0 saturated carbocycles. The molecule has 0 aromatic heterocycles. The van der Waals surface area contributed by atoms with Gasteiger partial charge in [0.1, 0.15) is 0 Å². The molecular weight excluding hydrogens is 234 g/mol. The average molecular weight is 261 g/mol. The van der Waals surface area contributed by atoms with E-state index in [1.165, 1.54) is 24.0 Å². The summed E-state index contributed by atoms with van der Waals surface area (Å²) in [6, 6.07) is 9.25. The molecule has 0 radical (unpaired) electrons. The largest absolute Gasteiger partial charge is 0.372 e. The van der Waals surface area contributed by atoms with Crippen LogP contribution in [0, 0.1) is 5.92 Å². The highest BCUT2D eigenvalue weighted by Crippen LogP contribution is 2.26. The van der Waals surface area contributed by atoms with Gasteiger partial charge in [0.25, 0.3) is 0 Å². The molecule has 1 aromatic carbocycles. The van der Waals surface area contributed by atoms with Crippen molar-refractivity contribution < 1.29 is 4.74 Å². The van der Waals surface area contributed by atoms with E-state index in [1.807, 2.05) is 0 Å². The molecule has 2 rings (SSSR count). The molecule has 0 saturated heterocycles. The van der Waals surface area contributed by atoms with Gasteiger partial charge in [-0.1, -0.05) is 38.1 Å². The molecule has 1 N–H and O–H groups in total. The van der Waals surface area contributed by atoms with Crippen molar-refractivity contribution in [3.63, 3.8) is 0 Å². The lowest BCUT2D eigenvalue weighted by molar-refractivity contribution is 0.0407. The van der Waals surface area contributed by atoms with Crippen LogP contribution in [0.25, 0.3) is 0 Å². The highest BCUT2D eigenvalue weighted by atomic mass is 16.5. The zero-order valence-electron chi connectivity index (χ0n) is 12.5. The van der Waals surface area contributed by atoms with Gasteiger partial charge in [-0.05, 0) is 43.2 Å². The normalized spacial score (nSPS) is 20.3. The molecule has 1 aliphatic rings. The van der Waals surface area contributed by atoms with Crippen LogP contribution in [0.4, 0.5) is 0 Å². The maximum Gasteiger partial charge on any atom is 0.0952 e. The Morgan fingerprint density at radius 2 is 2.00 bits per heavy atom. The van der Waals surface area contributed by atoms with Crippen LogP contribution in [0.3, 0.4) is 0 Å². The zero-order valence-corrected chi connectivity index (χ0v) is 12.5. The van der Waals surface area contributed by atoms with Crippen LogP contribution in [0.1, 0.15) is 50.8 Å². The molecule has 2 atom stereocenters. The Kier molecular flexibility index (Phi) is 5.41. The van der Waals surface area contributed by atoms with Gasteiger partial charge in [0, 0.05) is 12.6 Å². The Morgan fingerprint density at radius 1 is 1.21 bits per heavy atom. The molecular formula is C17H27NO. The fourth-order valence-corrected chi connectivity index (χ4v) is 2.64. The predicted molar refractivity (Wildman–Crippen MR) is 80.4 cm³/mol. The fourth-order valence-electron chi connectivity index (χ4n) is 2.64. The Hall–Kier alpha value is -0.860. The van der Waals surface area contributed by atoms with Crippen LogP contribution in [0.2, 0.25) is 0 Å². The summed E-state index contributed by atoms with van der Waals surface area (Å²) in [7, 11) is 0. The number of nitrogens with one attached hydrogen (secondary N) is 1. The molecule has 0 amide bonds. The summed E-state index contributed by atoms with van der Waals surface area (Å²) in [5.41, 5.74) is 2.83. The van der Waals surface area contributed by atoms with Gasteiger partial charge in [-0.15, -0.1) is 0 Å². The van der Waals surface area contributed by atoms with Gasteiger partial charge in [-0.3, -0.25) is 0 Å². The highest BCUT2D eigenvalue weighted by molar-refractivity contribution is 5.31. The minimum atomic E-state index is 0.228. The molecule has 0 bridgehead atoms. The lowest BCUT2D eigenvalue weighted by atomic mass is 9.97. The Morgan fingerprint density at radius 3 is 2.79 bits per heavy atom. The van der Waals surface area contributed by atoms with Crippen LogP contribution < -0.4 is 5.32 Å². The molecule has 19 heavy (non-hydrogen) atoms. The van der Waals surface area contributed by atoms with Gasteiger partial charge < -0.3 is 10.1 Å². The second-order valence-corrected chi connectivity index (χ2v) is 6.09. The van der Waals surface area contributed by atoms with E-state index in [2.05, 4.69) is 50.4 Å². The van der Waals surface area contributed by atoms with E-state index in [4.69, 9.17) is 4.74 Å².